The molecule has 1 aliphatic rings. The van der Waals surface area contributed by atoms with E-state index < -0.39 is 0 Å². The highest BCUT2D eigenvalue weighted by molar-refractivity contribution is 7.22. The number of hydrogen-bond donors (Lipinski definition) is 0. The van der Waals surface area contributed by atoms with Gasteiger partial charge in [0, 0.05) is 37.6 Å². The average Bonchev–Trinajstić information content (AvgIpc) is 3.09. The monoisotopic (exact) mass is 397 g/mol. The van der Waals surface area contributed by atoms with Crippen molar-refractivity contribution in [3.8, 4) is 0 Å². The molecule has 4 rings (SSSR count). The highest BCUT2D eigenvalue weighted by atomic mass is 32.1. The van der Waals surface area contributed by atoms with Crippen molar-refractivity contribution in [1.82, 2.24) is 19.9 Å². The SMILES string of the molecule is CC(/C=C(\C)F)=Nc1nc2cc(N3CCN(c4ncncn4)CC3)ccc2s1. The van der Waals surface area contributed by atoms with Gasteiger partial charge in [0.25, 0.3) is 0 Å². The Kier molecular flexibility index (Phi) is 5.25. The van der Waals surface area contributed by atoms with Crippen molar-refractivity contribution in [2.24, 2.45) is 4.99 Å². The number of piperazine rings is 1. The number of rotatable bonds is 4. The van der Waals surface area contributed by atoms with E-state index in [-0.39, 0.29) is 5.83 Å². The predicted molar refractivity (Wildman–Crippen MR) is 112 cm³/mol. The molecular formula is C19H20FN7S. The number of benzene rings is 1. The van der Waals surface area contributed by atoms with E-state index in [9.17, 15) is 4.39 Å². The second-order valence-corrected chi connectivity index (χ2v) is 7.55. The Morgan fingerprint density at radius 1 is 1.11 bits per heavy atom. The first-order valence-corrected chi connectivity index (χ1v) is 9.82. The number of anilines is 2. The molecule has 0 radical (unpaired) electrons. The van der Waals surface area contributed by atoms with Crippen LogP contribution in [-0.4, -0.2) is 51.8 Å². The van der Waals surface area contributed by atoms with Gasteiger partial charge >= 0.3 is 0 Å². The summed E-state index contributed by atoms with van der Waals surface area (Å²) in [6.07, 6.45) is 4.46. The minimum atomic E-state index is -0.263. The van der Waals surface area contributed by atoms with Gasteiger partial charge in [-0.25, -0.2) is 29.3 Å². The molecule has 2 aromatic heterocycles. The third-order valence-corrected chi connectivity index (χ3v) is 5.38. The molecule has 0 saturated carbocycles. The fraction of sp³-hybridized carbons (Fsp3) is 0.316. The fourth-order valence-corrected chi connectivity index (χ4v) is 4.06. The minimum absolute atomic E-state index is 0.263. The van der Waals surface area contributed by atoms with E-state index in [1.165, 1.54) is 37.0 Å². The van der Waals surface area contributed by atoms with Gasteiger partial charge in [-0.05, 0) is 38.1 Å². The Bertz CT molecular complexity index is 1020. The molecule has 7 nitrogen and oxygen atoms in total. The highest BCUT2D eigenvalue weighted by Gasteiger charge is 2.19. The lowest BCUT2D eigenvalue weighted by Gasteiger charge is -2.35. The zero-order valence-corrected chi connectivity index (χ0v) is 16.5. The van der Waals surface area contributed by atoms with Crippen molar-refractivity contribution in [2.75, 3.05) is 36.0 Å². The first kappa shape index (κ1) is 18.4. The lowest BCUT2D eigenvalue weighted by atomic mass is 10.2. The maximum absolute atomic E-state index is 13.0. The third-order valence-electron chi connectivity index (χ3n) is 4.45. The van der Waals surface area contributed by atoms with Gasteiger partial charge in [-0.3, -0.25) is 0 Å². The summed E-state index contributed by atoms with van der Waals surface area (Å²) in [5.41, 5.74) is 2.66. The quantitative estimate of drug-likeness (QED) is 0.624. The van der Waals surface area contributed by atoms with E-state index in [1.807, 2.05) is 0 Å². The molecule has 0 spiro atoms. The normalized spacial score (nSPS) is 16.1. The Morgan fingerprint density at radius 3 is 2.54 bits per heavy atom. The number of aromatic nitrogens is 4. The molecule has 144 valence electrons. The summed E-state index contributed by atoms with van der Waals surface area (Å²) >= 11 is 1.51. The first-order chi connectivity index (χ1) is 13.6. The second-order valence-electron chi connectivity index (χ2n) is 6.55. The number of hydrogen-bond acceptors (Lipinski definition) is 8. The summed E-state index contributed by atoms with van der Waals surface area (Å²) in [5, 5.41) is 0.641. The number of allylic oxidation sites excluding steroid dienone is 2. The molecule has 0 N–H and O–H groups in total. The highest BCUT2D eigenvalue weighted by Crippen LogP contribution is 2.31. The van der Waals surface area contributed by atoms with E-state index in [0.717, 1.165) is 48.0 Å². The summed E-state index contributed by atoms with van der Waals surface area (Å²) < 4.78 is 14.1. The van der Waals surface area contributed by atoms with Crippen LogP contribution in [0.3, 0.4) is 0 Å². The molecule has 0 bridgehead atoms. The smallest absolute Gasteiger partial charge is 0.228 e. The molecule has 9 heteroatoms. The van der Waals surface area contributed by atoms with Crippen LogP contribution >= 0.6 is 11.3 Å². The average molecular weight is 397 g/mol. The van der Waals surface area contributed by atoms with Gasteiger partial charge in [-0.15, -0.1) is 0 Å². The lowest BCUT2D eigenvalue weighted by Crippen LogP contribution is -2.47. The van der Waals surface area contributed by atoms with Gasteiger partial charge in [-0.2, -0.15) is 0 Å². The molecule has 1 saturated heterocycles. The summed E-state index contributed by atoms with van der Waals surface area (Å²) in [4.78, 5) is 25.8. The van der Waals surface area contributed by atoms with E-state index in [0.29, 0.717) is 10.8 Å². The molecule has 0 atom stereocenters. The number of fused-ring (bicyclic) bond motifs is 1. The van der Waals surface area contributed by atoms with Crippen LogP contribution < -0.4 is 9.80 Å². The summed E-state index contributed by atoms with van der Waals surface area (Å²) in [5.74, 6) is 0.459. The largest absolute Gasteiger partial charge is 0.368 e. The molecule has 3 aromatic rings. The Hall–Kier alpha value is -2.94. The fourth-order valence-electron chi connectivity index (χ4n) is 3.18. The van der Waals surface area contributed by atoms with Crippen LogP contribution in [0.25, 0.3) is 10.2 Å². The first-order valence-electron chi connectivity index (χ1n) is 9.00. The molecule has 1 aromatic carbocycles. The van der Waals surface area contributed by atoms with Gasteiger partial charge in [0.2, 0.25) is 11.1 Å². The van der Waals surface area contributed by atoms with Crippen molar-refractivity contribution >= 4 is 44.0 Å². The maximum Gasteiger partial charge on any atom is 0.228 e. The van der Waals surface area contributed by atoms with Crippen LogP contribution in [0.4, 0.5) is 21.2 Å². The molecule has 1 aliphatic heterocycles. The van der Waals surface area contributed by atoms with Gasteiger partial charge < -0.3 is 9.80 Å². The zero-order chi connectivity index (χ0) is 19.5. The van der Waals surface area contributed by atoms with Crippen molar-refractivity contribution in [3.63, 3.8) is 0 Å². The zero-order valence-electron chi connectivity index (χ0n) is 15.7. The van der Waals surface area contributed by atoms with Crippen LogP contribution in [0.15, 0.2) is 47.7 Å². The van der Waals surface area contributed by atoms with E-state index in [2.05, 4.69) is 52.9 Å². The Balaban J connectivity index is 1.49. The van der Waals surface area contributed by atoms with Crippen LogP contribution in [0.5, 0.6) is 0 Å². The molecule has 3 heterocycles. The second kappa shape index (κ2) is 7.97. The van der Waals surface area contributed by atoms with Gasteiger partial charge in [-0.1, -0.05) is 11.3 Å². The number of halogens is 1. The maximum atomic E-state index is 13.0. The van der Waals surface area contributed by atoms with Gasteiger partial charge in [0.05, 0.1) is 16.0 Å². The molecule has 0 unspecified atom stereocenters. The molecule has 0 aliphatic carbocycles. The third kappa shape index (κ3) is 4.14. The summed E-state index contributed by atoms with van der Waals surface area (Å²) in [7, 11) is 0. The van der Waals surface area contributed by atoms with Gasteiger partial charge in [0.1, 0.15) is 12.7 Å². The van der Waals surface area contributed by atoms with Crippen LogP contribution in [0.2, 0.25) is 0 Å². The minimum Gasteiger partial charge on any atom is -0.368 e. The van der Waals surface area contributed by atoms with Crippen LogP contribution in [0, 0.1) is 0 Å². The lowest BCUT2D eigenvalue weighted by molar-refractivity contribution is 0.638. The predicted octanol–water partition coefficient (Wildman–Crippen LogP) is 3.77. The van der Waals surface area contributed by atoms with Crippen LogP contribution in [-0.2, 0) is 0 Å². The number of aliphatic imine (C=N–C) groups is 1. The van der Waals surface area contributed by atoms with E-state index in [4.69, 9.17) is 0 Å². The summed E-state index contributed by atoms with van der Waals surface area (Å²) in [6, 6.07) is 6.28. The topological polar surface area (TPSA) is 70.4 Å². The van der Waals surface area contributed by atoms with Crippen molar-refractivity contribution < 1.29 is 4.39 Å². The molecule has 28 heavy (non-hydrogen) atoms. The van der Waals surface area contributed by atoms with E-state index >= 15 is 0 Å². The standard InChI is InChI=1S/C19H20FN7S/c1-13(20)9-14(2)24-19-25-16-10-15(3-4-17(16)28-19)26-5-7-27(8-6-26)18-22-11-21-12-23-18/h3-4,9-12H,5-8H2,1-2H3/b13-9+,24-14?. The number of nitrogens with zero attached hydrogens (tertiary/aromatic N) is 7. The van der Waals surface area contributed by atoms with Crippen molar-refractivity contribution in [2.45, 2.75) is 13.8 Å². The van der Waals surface area contributed by atoms with Gasteiger partial charge in [0.15, 0.2) is 0 Å². The Labute approximate surface area is 166 Å². The van der Waals surface area contributed by atoms with Crippen LogP contribution in [0.1, 0.15) is 13.8 Å². The molecule has 1 fully saturated rings. The molecule has 0 amide bonds. The number of thiazole rings is 1. The summed E-state index contributed by atoms with van der Waals surface area (Å²) in [6.45, 7) is 6.64. The molecular weight excluding hydrogens is 377 g/mol. The Morgan fingerprint density at radius 2 is 1.82 bits per heavy atom. The van der Waals surface area contributed by atoms with E-state index in [1.54, 1.807) is 6.92 Å². The van der Waals surface area contributed by atoms with Crippen molar-refractivity contribution in [1.29, 1.82) is 0 Å². The van der Waals surface area contributed by atoms with Crippen molar-refractivity contribution in [3.05, 3.63) is 42.8 Å².